The Labute approximate surface area is 218 Å². The molecule has 0 bridgehead atoms. The van der Waals surface area contributed by atoms with Crippen molar-refractivity contribution in [2.75, 3.05) is 43.6 Å². The quantitative estimate of drug-likeness (QED) is 0.270. The third kappa shape index (κ3) is 6.51. The highest BCUT2D eigenvalue weighted by Crippen LogP contribution is 2.29. The molecule has 1 aliphatic rings. The molecular weight excluding hydrogens is 502 g/mol. The normalized spacial score (nSPS) is 13.4. The standard InChI is InChI=1S/C26H24ClN3O5S/c1-33-25(32)18-4-9-22(30-12-14-34-15-13-30)21(16-18)28-26(36)29-24(31)11-8-20-7-10-23(35-20)17-2-5-19(27)6-3-17/h2-11,16H,12-15H2,1H3,(H2,28,29,31,36)/b11-8+. The van der Waals surface area contributed by atoms with Gasteiger partial charge in [0.1, 0.15) is 11.5 Å². The molecule has 0 radical (unpaired) electrons. The Balaban J connectivity index is 1.41. The van der Waals surface area contributed by atoms with Crippen LogP contribution < -0.4 is 15.5 Å². The highest BCUT2D eigenvalue weighted by atomic mass is 35.5. The number of anilines is 2. The third-order valence-corrected chi connectivity index (χ3v) is 5.86. The van der Waals surface area contributed by atoms with Crippen LogP contribution in [0.3, 0.4) is 0 Å². The van der Waals surface area contributed by atoms with Crippen molar-refractivity contribution in [1.82, 2.24) is 5.32 Å². The van der Waals surface area contributed by atoms with Gasteiger partial charge in [-0.3, -0.25) is 10.1 Å². The minimum Gasteiger partial charge on any atom is -0.465 e. The predicted molar refractivity (Wildman–Crippen MR) is 143 cm³/mol. The van der Waals surface area contributed by atoms with Crippen molar-refractivity contribution in [1.29, 1.82) is 0 Å². The number of halogens is 1. The summed E-state index contributed by atoms with van der Waals surface area (Å²) in [6, 6.07) is 16.0. The molecule has 1 aliphatic heterocycles. The Morgan fingerprint density at radius 2 is 1.83 bits per heavy atom. The van der Waals surface area contributed by atoms with Gasteiger partial charge in [0.05, 0.1) is 37.3 Å². The largest absolute Gasteiger partial charge is 0.465 e. The second-order valence-corrected chi connectivity index (χ2v) is 8.65. The lowest BCUT2D eigenvalue weighted by molar-refractivity contribution is -0.115. The molecule has 4 rings (SSSR count). The molecule has 0 unspecified atom stereocenters. The number of rotatable bonds is 6. The molecule has 2 aromatic carbocycles. The summed E-state index contributed by atoms with van der Waals surface area (Å²) in [7, 11) is 1.32. The lowest BCUT2D eigenvalue weighted by atomic mass is 10.1. The molecule has 1 amide bonds. The number of ether oxygens (including phenoxy) is 2. The van der Waals surface area contributed by atoms with E-state index in [4.69, 9.17) is 37.7 Å². The first-order chi connectivity index (χ1) is 17.4. The van der Waals surface area contributed by atoms with Gasteiger partial charge >= 0.3 is 5.97 Å². The molecule has 1 aromatic heterocycles. The number of thiocarbonyl (C=S) groups is 1. The maximum Gasteiger partial charge on any atom is 0.337 e. The fraction of sp³-hybridized carbons (Fsp3) is 0.192. The molecule has 2 heterocycles. The van der Waals surface area contributed by atoms with Gasteiger partial charge in [0.15, 0.2) is 5.11 Å². The molecule has 3 aromatic rings. The van der Waals surface area contributed by atoms with Gasteiger partial charge in [0, 0.05) is 29.8 Å². The van der Waals surface area contributed by atoms with Gasteiger partial charge in [-0.15, -0.1) is 0 Å². The number of nitrogens with zero attached hydrogens (tertiary/aromatic N) is 1. The number of methoxy groups -OCH3 is 1. The summed E-state index contributed by atoms with van der Waals surface area (Å²) >= 11 is 11.3. The van der Waals surface area contributed by atoms with Crippen LogP contribution in [0.5, 0.6) is 0 Å². The number of esters is 1. The molecule has 10 heteroatoms. The van der Waals surface area contributed by atoms with Crippen LogP contribution in [0.4, 0.5) is 11.4 Å². The summed E-state index contributed by atoms with van der Waals surface area (Å²) in [6.45, 7) is 2.57. The first-order valence-electron chi connectivity index (χ1n) is 11.1. The molecule has 1 saturated heterocycles. The summed E-state index contributed by atoms with van der Waals surface area (Å²) in [5.41, 5.74) is 2.65. The molecule has 0 atom stereocenters. The van der Waals surface area contributed by atoms with Crippen LogP contribution in [-0.4, -0.2) is 50.4 Å². The Morgan fingerprint density at radius 3 is 2.56 bits per heavy atom. The SMILES string of the molecule is COC(=O)c1ccc(N2CCOCC2)c(NC(=S)NC(=O)/C=C/c2ccc(-c3ccc(Cl)cc3)o2)c1. The zero-order valence-corrected chi connectivity index (χ0v) is 21.0. The van der Waals surface area contributed by atoms with E-state index in [9.17, 15) is 9.59 Å². The number of carbonyl (C=O) groups excluding carboxylic acids is 2. The maximum absolute atomic E-state index is 12.5. The van der Waals surface area contributed by atoms with E-state index < -0.39 is 11.9 Å². The minimum atomic E-state index is -0.471. The van der Waals surface area contributed by atoms with Crippen molar-refractivity contribution in [3.8, 4) is 11.3 Å². The van der Waals surface area contributed by atoms with Crippen molar-refractivity contribution >= 4 is 58.3 Å². The van der Waals surface area contributed by atoms with E-state index in [1.54, 1.807) is 36.4 Å². The van der Waals surface area contributed by atoms with E-state index in [1.165, 1.54) is 13.2 Å². The fourth-order valence-electron chi connectivity index (χ4n) is 3.64. The van der Waals surface area contributed by atoms with Gasteiger partial charge < -0.3 is 24.1 Å². The third-order valence-electron chi connectivity index (χ3n) is 5.41. The highest BCUT2D eigenvalue weighted by Gasteiger charge is 2.18. The Bertz CT molecular complexity index is 1280. The molecule has 2 N–H and O–H groups in total. The summed E-state index contributed by atoms with van der Waals surface area (Å²) in [4.78, 5) is 26.6. The number of amides is 1. The van der Waals surface area contributed by atoms with Gasteiger partial charge in [-0.1, -0.05) is 11.6 Å². The predicted octanol–water partition coefficient (Wildman–Crippen LogP) is 4.75. The number of hydrogen-bond donors (Lipinski definition) is 2. The fourth-order valence-corrected chi connectivity index (χ4v) is 3.97. The average Bonchev–Trinajstić information content (AvgIpc) is 3.37. The lowest BCUT2D eigenvalue weighted by Gasteiger charge is -2.31. The van der Waals surface area contributed by atoms with Crippen LogP contribution in [-0.2, 0) is 14.3 Å². The monoisotopic (exact) mass is 525 g/mol. The number of nitrogens with one attached hydrogen (secondary N) is 2. The zero-order valence-electron chi connectivity index (χ0n) is 19.5. The number of carbonyl (C=O) groups is 2. The number of hydrogen-bond acceptors (Lipinski definition) is 7. The molecule has 0 aliphatic carbocycles. The minimum absolute atomic E-state index is 0.0856. The summed E-state index contributed by atoms with van der Waals surface area (Å²) in [5.74, 6) is 0.259. The first-order valence-corrected chi connectivity index (χ1v) is 11.9. The number of benzene rings is 2. The van der Waals surface area contributed by atoms with E-state index in [-0.39, 0.29) is 5.11 Å². The molecule has 1 fully saturated rings. The number of morpholine rings is 1. The second-order valence-electron chi connectivity index (χ2n) is 7.81. The van der Waals surface area contributed by atoms with Crippen molar-refractivity contribution < 1.29 is 23.5 Å². The molecule has 8 nitrogen and oxygen atoms in total. The summed E-state index contributed by atoms with van der Waals surface area (Å²) < 4.78 is 16.0. The van der Waals surface area contributed by atoms with E-state index in [0.29, 0.717) is 54.1 Å². The lowest BCUT2D eigenvalue weighted by Crippen LogP contribution is -2.38. The molecular formula is C26H24ClN3O5S. The highest BCUT2D eigenvalue weighted by molar-refractivity contribution is 7.80. The molecule has 0 saturated carbocycles. The summed E-state index contributed by atoms with van der Waals surface area (Å²) in [5, 5.41) is 6.37. The average molecular weight is 526 g/mol. The van der Waals surface area contributed by atoms with Crippen LogP contribution in [0.25, 0.3) is 17.4 Å². The molecule has 0 spiro atoms. The van der Waals surface area contributed by atoms with Crippen molar-refractivity contribution in [3.63, 3.8) is 0 Å². The molecule has 36 heavy (non-hydrogen) atoms. The van der Waals surface area contributed by atoms with E-state index in [1.807, 2.05) is 24.3 Å². The Kier molecular flexibility index (Phi) is 8.37. The van der Waals surface area contributed by atoms with Crippen LogP contribution in [0, 0.1) is 0 Å². The van der Waals surface area contributed by atoms with Crippen LogP contribution >= 0.6 is 23.8 Å². The smallest absolute Gasteiger partial charge is 0.337 e. The van der Waals surface area contributed by atoms with E-state index in [0.717, 1.165) is 11.3 Å². The van der Waals surface area contributed by atoms with Gasteiger partial charge in [0.25, 0.3) is 0 Å². The van der Waals surface area contributed by atoms with Gasteiger partial charge in [0.2, 0.25) is 5.91 Å². The maximum atomic E-state index is 12.5. The first kappa shape index (κ1) is 25.4. The van der Waals surface area contributed by atoms with Crippen molar-refractivity contribution in [2.24, 2.45) is 0 Å². The van der Waals surface area contributed by atoms with Gasteiger partial charge in [-0.25, -0.2) is 4.79 Å². The van der Waals surface area contributed by atoms with Gasteiger partial charge in [-0.05, 0) is 72.9 Å². The van der Waals surface area contributed by atoms with Crippen LogP contribution in [0.15, 0.2) is 65.1 Å². The van der Waals surface area contributed by atoms with Crippen molar-refractivity contribution in [3.05, 3.63) is 77.0 Å². The van der Waals surface area contributed by atoms with Crippen LogP contribution in [0.1, 0.15) is 16.1 Å². The number of furan rings is 1. The molecule has 186 valence electrons. The van der Waals surface area contributed by atoms with E-state index in [2.05, 4.69) is 15.5 Å². The second kappa shape index (κ2) is 11.9. The van der Waals surface area contributed by atoms with Crippen LogP contribution in [0.2, 0.25) is 5.02 Å². The Morgan fingerprint density at radius 1 is 1.08 bits per heavy atom. The van der Waals surface area contributed by atoms with E-state index >= 15 is 0 Å². The Hall–Kier alpha value is -3.66. The summed E-state index contributed by atoms with van der Waals surface area (Å²) in [6.07, 6.45) is 2.88. The zero-order chi connectivity index (χ0) is 25.5. The van der Waals surface area contributed by atoms with Gasteiger partial charge in [-0.2, -0.15) is 0 Å². The van der Waals surface area contributed by atoms with Crippen molar-refractivity contribution in [2.45, 2.75) is 0 Å². The topological polar surface area (TPSA) is 93.0 Å².